The summed E-state index contributed by atoms with van der Waals surface area (Å²) in [5.74, 6) is 5.54. The van der Waals surface area contributed by atoms with E-state index in [0.717, 1.165) is 0 Å². The van der Waals surface area contributed by atoms with Crippen molar-refractivity contribution in [3.8, 4) is 0 Å². The van der Waals surface area contributed by atoms with Gasteiger partial charge in [0.1, 0.15) is 0 Å². The van der Waals surface area contributed by atoms with E-state index in [2.05, 4.69) is 31.3 Å². The van der Waals surface area contributed by atoms with Crippen molar-refractivity contribution in [2.45, 2.75) is 0 Å². The molecule has 1 aromatic heterocycles. The third-order valence-electron chi connectivity index (χ3n) is 0.965. The summed E-state index contributed by atoms with van der Waals surface area (Å²) in [6, 6.07) is 0. The van der Waals surface area contributed by atoms with Gasteiger partial charge in [-0.25, -0.2) is 5.84 Å². The lowest BCUT2D eigenvalue weighted by Gasteiger charge is -2.03. The first-order valence-corrected chi connectivity index (χ1v) is 3.77. The molecule has 7 heteroatoms. The molecule has 60 valence electrons. The molecule has 0 aliphatic heterocycles. The molecule has 5 N–H and O–H groups in total. The van der Waals surface area contributed by atoms with Gasteiger partial charge in [-0.2, -0.15) is 9.97 Å². The van der Waals surface area contributed by atoms with Gasteiger partial charge in [-0.3, -0.25) is 0 Å². The van der Waals surface area contributed by atoms with Crippen LogP contribution in [0.15, 0.2) is 4.47 Å². The number of halogens is 2. The molecule has 0 fully saturated rings. The molecule has 0 aliphatic rings. The van der Waals surface area contributed by atoms with Crippen LogP contribution in [0.5, 0.6) is 0 Å². The van der Waals surface area contributed by atoms with Crippen molar-refractivity contribution in [3.63, 3.8) is 0 Å². The highest BCUT2D eigenvalue weighted by Crippen LogP contribution is 2.26. The van der Waals surface area contributed by atoms with E-state index in [4.69, 9.17) is 23.2 Å². The topological polar surface area (TPSA) is 89.8 Å². The van der Waals surface area contributed by atoms with E-state index in [0.29, 0.717) is 10.3 Å². The quantitative estimate of drug-likeness (QED) is 0.382. The minimum atomic E-state index is 0.0751. The number of hydrazine groups is 1. The molecule has 0 radical (unpaired) electrons. The highest BCUT2D eigenvalue weighted by molar-refractivity contribution is 9.10. The summed E-state index contributed by atoms with van der Waals surface area (Å²) in [4.78, 5) is 7.42. The Kier molecular flexibility index (Phi) is 2.48. The van der Waals surface area contributed by atoms with E-state index in [9.17, 15) is 0 Å². The van der Waals surface area contributed by atoms with Gasteiger partial charge in [0.25, 0.3) is 0 Å². The van der Waals surface area contributed by atoms with Crippen molar-refractivity contribution in [3.05, 3.63) is 9.63 Å². The van der Waals surface area contributed by atoms with E-state index < -0.39 is 0 Å². The predicted octanol–water partition coefficient (Wildman–Crippen LogP) is 0.760. The first kappa shape index (κ1) is 8.51. The first-order chi connectivity index (χ1) is 5.15. The van der Waals surface area contributed by atoms with Crippen LogP contribution in [0.2, 0.25) is 5.15 Å². The highest BCUT2D eigenvalue weighted by Gasteiger charge is 2.06. The SMILES string of the molecule is NNc1nc(N)nc(Cl)c1Br. The molecule has 0 bridgehead atoms. The molecule has 0 amide bonds. The maximum Gasteiger partial charge on any atom is 0.223 e. The molecule has 0 atom stereocenters. The lowest BCUT2D eigenvalue weighted by molar-refractivity contribution is 1.14. The van der Waals surface area contributed by atoms with Crippen LogP contribution < -0.4 is 17.0 Å². The highest BCUT2D eigenvalue weighted by atomic mass is 79.9. The fraction of sp³-hybridized carbons (Fsp3) is 0. The second-order valence-electron chi connectivity index (χ2n) is 1.68. The van der Waals surface area contributed by atoms with Gasteiger partial charge in [-0.05, 0) is 15.9 Å². The molecule has 0 saturated carbocycles. The summed E-state index contributed by atoms with van der Waals surface area (Å²) in [6.45, 7) is 0. The third-order valence-corrected chi connectivity index (χ3v) is 2.22. The number of aromatic nitrogens is 2. The van der Waals surface area contributed by atoms with Crippen molar-refractivity contribution in [1.82, 2.24) is 9.97 Å². The average Bonchev–Trinajstić information content (AvgIpc) is 1.96. The Balaban J connectivity index is 3.24. The van der Waals surface area contributed by atoms with Crippen molar-refractivity contribution in [2.24, 2.45) is 5.84 Å². The van der Waals surface area contributed by atoms with Gasteiger partial charge < -0.3 is 11.2 Å². The summed E-state index contributed by atoms with van der Waals surface area (Å²) < 4.78 is 0.496. The monoisotopic (exact) mass is 237 g/mol. The molecular formula is C4H5BrClN5. The molecule has 5 nitrogen and oxygen atoms in total. The van der Waals surface area contributed by atoms with Crippen molar-refractivity contribution >= 4 is 39.3 Å². The maximum absolute atomic E-state index is 5.62. The van der Waals surface area contributed by atoms with Crippen molar-refractivity contribution < 1.29 is 0 Å². The predicted molar refractivity (Wildman–Crippen MR) is 47.0 cm³/mol. The molecule has 0 saturated heterocycles. The van der Waals surface area contributed by atoms with Crippen LogP contribution in [0.1, 0.15) is 0 Å². The Labute approximate surface area is 76.2 Å². The average molecular weight is 238 g/mol. The van der Waals surface area contributed by atoms with Crippen LogP contribution in [0.4, 0.5) is 11.8 Å². The van der Waals surface area contributed by atoms with Gasteiger partial charge >= 0.3 is 0 Å². The van der Waals surface area contributed by atoms with Crippen LogP contribution in [0.3, 0.4) is 0 Å². The van der Waals surface area contributed by atoms with Gasteiger partial charge in [-0.15, -0.1) is 0 Å². The van der Waals surface area contributed by atoms with E-state index in [1.807, 2.05) is 0 Å². The van der Waals surface area contributed by atoms with Gasteiger partial charge in [0.2, 0.25) is 5.95 Å². The lowest BCUT2D eigenvalue weighted by Crippen LogP contribution is -2.11. The van der Waals surface area contributed by atoms with Gasteiger partial charge in [-0.1, -0.05) is 11.6 Å². The number of rotatable bonds is 1. The molecule has 1 heterocycles. The lowest BCUT2D eigenvalue weighted by atomic mass is 10.6. The summed E-state index contributed by atoms with van der Waals surface area (Å²) in [6.07, 6.45) is 0. The second-order valence-corrected chi connectivity index (χ2v) is 2.83. The minimum Gasteiger partial charge on any atom is -0.368 e. The number of nitrogens with one attached hydrogen (secondary N) is 1. The number of nitrogens with two attached hydrogens (primary N) is 2. The number of nitrogen functional groups attached to an aromatic ring is 2. The van der Waals surface area contributed by atoms with Crippen molar-refractivity contribution in [2.75, 3.05) is 11.2 Å². The summed E-state index contributed by atoms with van der Waals surface area (Å²) in [5, 5.41) is 0.227. The van der Waals surface area contributed by atoms with E-state index in [-0.39, 0.29) is 11.1 Å². The molecule has 0 aromatic carbocycles. The van der Waals surface area contributed by atoms with E-state index in [1.54, 1.807) is 0 Å². The molecular weight excluding hydrogens is 233 g/mol. The Morgan fingerprint density at radius 2 is 2.09 bits per heavy atom. The summed E-state index contributed by atoms with van der Waals surface area (Å²) >= 11 is 8.74. The molecule has 11 heavy (non-hydrogen) atoms. The Morgan fingerprint density at radius 1 is 1.45 bits per heavy atom. The number of hydrogen-bond donors (Lipinski definition) is 3. The molecule has 0 spiro atoms. The maximum atomic E-state index is 5.62. The Bertz CT molecular complexity index is 277. The minimum absolute atomic E-state index is 0.0751. The fourth-order valence-corrected chi connectivity index (χ4v) is 0.999. The zero-order chi connectivity index (χ0) is 8.43. The zero-order valence-electron chi connectivity index (χ0n) is 5.31. The molecule has 1 aromatic rings. The van der Waals surface area contributed by atoms with Crippen LogP contribution in [0, 0.1) is 0 Å². The van der Waals surface area contributed by atoms with Crippen LogP contribution >= 0.6 is 27.5 Å². The smallest absolute Gasteiger partial charge is 0.223 e. The summed E-state index contributed by atoms with van der Waals surface area (Å²) in [7, 11) is 0. The zero-order valence-corrected chi connectivity index (χ0v) is 7.65. The van der Waals surface area contributed by atoms with Gasteiger partial charge in [0, 0.05) is 0 Å². The molecule has 0 unspecified atom stereocenters. The van der Waals surface area contributed by atoms with Crippen molar-refractivity contribution in [1.29, 1.82) is 0 Å². The fourth-order valence-electron chi connectivity index (χ4n) is 0.532. The third kappa shape index (κ3) is 1.70. The van der Waals surface area contributed by atoms with E-state index in [1.165, 1.54) is 0 Å². The summed E-state index contributed by atoms with van der Waals surface area (Å²) in [5.41, 5.74) is 7.60. The second kappa shape index (κ2) is 3.21. The largest absolute Gasteiger partial charge is 0.368 e. The standard InChI is InChI=1S/C4H5BrClN5/c5-1-2(6)9-4(7)10-3(1)11-8/h8H2,(H3,7,9,10,11). The normalized spacial score (nSPS) is 9.73. The Hall–Kier alpha value is -0.590. The van der Waals surface area contributed by atoms with Crippen LogP contribution in [0.25, 0.3) is 0 Å². The number of anilines is 2. The van der Waals surface area contributed by atoms with Crippen LogP contribution in [-0.4, -0.2) is 9.97 Å². The van der Waals surface area contributed by atoms with Gasteiger partial charge in [0.05, 0.1) is 4.47 Å². The van der Waals surface area contributed by atoms with Gasteiger partial charge in [0.15, 0.2) is 11.0 Å². The van der Waals surface area contributed by atoms with E-state index >= 15 is 0 Å². The molecule has 1 rings (SSSR count). The van der Waals surface area contributed by atoms with Crippen LogP contribution in [-0.2, 0) is 0 Å². The number of hydrogen-bond acceptors (Lipinski definition) is 5. The number of nitrogens with zero attached hydrogens (tertiary/aromatic N) is 2. The molecule has 0 aliphatic carbocycles. The first-order valence-electron chi connectivity index (χ1n) is 2.60. The Morgan fingerprint density at radius 3 is 2.64 bits per heavy atom.